The van der Waals surface area contributed by atoms with Gasteiger partial charge in [-0.3, -0.25) is 0 Å². The Bertz CT molecular complexity index is 4370. The summed E-state index contributed by atoms with van der Waals surface area (Å²) in [6.45, 7) is 11.1. The molecule has 11 aromatic rings. The van der Waals surface area contributed by atoms with Crippen molar-refractivity contribution in [2.75, 3.05) is 113 Å². The van der Waals surface area contributed by atoms with Crippen LogP contribution < -0.4 is 4.90 Å². The van der Waals surface area contributed by atoms with Crippen molar-refractivity contribution < 1.29 is 37.9 Å². The van der Waals surface area contributed by atoms with E-state index < -0.39 is 10.8 Å². The van der Waals surface area contributed by atoms with Crippen molar-refractivity contribution in [2.45, 2.75) is 55.8 Å². The predicted octanol–water partition coefficient (Wildman–Crippen LogP) is 18.6. The average molecular weight is 1260 g/mol. The van der Waals surface area contributed by atoms with E-state index in [4.69, 9.17) is 37.9 Å². The molecule has 1 aromatic heterocycles. The summed E-state index contributed by atoms with van der Waals surface area (Å²) in [5, 5.41) is 2.42. The third-order valence-electron chi connectivity index (χ3n) is 20.6. The van der Waals surface area contributed by atoms with Crippen LogP contribution in [-0.4, -0.2) is 112 Å². The zero-order valence-electron chi connectivity index (χ0n) is 55.8. The Kier molecular flexibility index (Phi) is 18.9. The lowest BCUT2D eigenvalue weighted by Gasteiger charge is -2.35. The summed E-state index contributed by atoms with van der Waals surface area (Å²) in [5.41, 5.74) is 25.6. The van der Waals surface area contributed by atoms with E-state index in [9.17, 15) is 0 Å². The number of nitrogens with zero attached hydrogens (tertiary/aromatic N) is 2. The lowest BCUT2D eigenvalue weighted by atomic mass is 9.73. The molecule has 1 heterocycles. The maximum absolute atomic E-state index is 6.41. The minimum Gasteiger partial charge on any atom is -0.382 e. The summed E-state index contributed by atoms with van der Waals surface area (Å²) >= 11 is 0. The van der Waals surface area contributed by atoms with Crippen molar-refractivity contribution >= 4 is 38.9 Å². The Balaban J connectivity index is 0.959. The summed E-state index contributed by atoms with van der Waals surface area (Å²) < 4.78 is 50.0. The van der Waals surface area contributed by atoms with Gasteiger partial charge in [-0.2, -0.15) is 0 Å². The fourth-order valence-corrected chi connectivity index (χ4v) is 16.0. The molecule has 95 heavy (non-hydrogen) atoms. The Labute approximate surface area is 559 Å². The molecule has 10 heteroatoms. The number of rotatable bonds is 30. The first-order valence-corrected chi connectivity index (χ1v) is 33.8. The van der Waals surface area contributed by atoms with E-state index in [-0.39, 0.29) is 5.41 Å². The molecule has 0 aliphatic heterocycles. The summed E-state index contributed by atoms with van der Waals surface area (Å²) in [4.78, 5) is 2.50. The number of benzene rings is 10. The van der Waals surface area contributed by atoms with Gasteiger partial charge >= 0.3 is 0 Å². The van der Waals surface area contributed by atoms with Gasteiger partial charge in [-0.05, 0) is 170 Å². The monoisotopic (exact) mass is 1260 g/mol. The van der Waals surface area contributed by atoms with E-state index in [1.165, 1.54) is 94.3 Å². The number of hydrogen-bond acceptors (Lipinski definition) is 9. The molecule has 3 aliphatic rings. The SMILES string of the molecule is COCCOCCC1(CCOCCOC)c2ccccc2-c2ccc(N(c3ccc(-c4ccc5c(c4)c4ccccc4n5-c4cccc5c4-c4ccccc4C5(C)C)c(-c4ccccc4)c3)c3ccc4c(c3)C(CCOCCOC)(CCOCCOC)c3ccccc3-4)cc21. The van der Waals surface area contributed by atoms with Gasteiger partial charge in [0.1, 0.15) is 0 Å². The quantitative estimate of drug-likeness (QED) is 0.0409. The van der Waals surface area contributed by atoms with Crippen LogP contribution in [0.5, 0.6) is 0 Å². The van der Waals surface area contributed by atoms with Crippen LogP contribution in [0.4, 0.5) is 17.1 Å². The first-order chi connectivity index (χ1) is 46.7. The number of hydrogen-bond donors (Lipinski definition) is 0. The molecular weight excluding hydrogens is 1180 g/mol. The number of ether oxygens (including phenoxy) is 8. The van der Waals surface area contributed by atoms with Crippen molar-refractivity contribution in [3.05, 3.63) is 252 Å². The van der Waals surface area contributed by atoms with Gasteiger partial charge in [0.25, 0.3) is 0 Å². The molecule has 0 radical (unpaired) electrons. The molecule has 14 rings (SSSR count). The zero-order valence-corrected chi connectivity index (χ0v) is 55.8. The third kappa shape index (κ3) is 11.7. The summed E-state index contributed by atoms with van der Waals surface area (Å²) in [5.74, 6) is 0. The second-order valence-corrected chi connectivity index (χ2v) is 26.0. The van der Waals surface area contributed by atoms with Gasteiger partial charge in [-0.15, -0.1) is 0 Å². The maximum Gasteiger partial charge on any atom is 0.0700 e. The number of methoxy groups -OCH3 is 4. The van der Waals surface area contributed by atoms with Crippen LogP contribution in [0.2, 0.25) is 0 Å². The van der Waals surface area contributed by atoms with Gasteiger partial charge in [0.05, 0.1) is 69.6 Å². The molecule has 0 amide bonds. The first kappa shape index (κ1) is 63.9. The Hall–Kier alpha value is -8.52. The molecule has 484 valence electrons. The fourth-order valence-electron chi connectivity index (χ4n) is 16.0. The minimum absolute atomic E-state index is 0.130. The third-order valence-corrected chi connectivity index (χ3v) is 20.6. The normalized spacial score (nSPS) is 14.2. The summed E-state index contributed by atoms with van der Waals surface area (Å²) in [6, 6.07) is 82.2. The molecular formula is C85H86N2O8. The van der Waals surface area contributed by atoms with E-state index in [1.807, 2.05) is 0 Å². The number of para-hydroxylation sites is 1. The molecule has 0 saturated heterocycles. The molecule has 3 aliphatic carbocycles. The van der Waals surface area contributed by atoms with Crippen LogP contribution in [-0.2, 0) is 54.1 Å². The minimum atomic E-state index is -0.434. The Morgan fingerprint density at radius 3 is 1.29 bits per heavy atom. The summed E-state index contributed by atoms with van der Waals surface area (Å²) in [6.07, 6.45) is 3.02. The highest BCUT2D eigenvalue weighted by Gasteiger charge is 2.45. The molecule has 0 saturated carbocycles. The van der Waals surface area contributed by atoms with Crippen LogP contribution in [0.25, 0.3) is 83.1 Å². The van der Waals surface area contributed by atoms with E-state index in [2.05, 4.69) is 242 Å². The standard InChI is InChI=1S/C85H86N2O8/c1-83(2)73-25-14-12-24-70(73)82-76(83)28-18-30-81(82)87-79-29-17-13-23-69(79)72-55-60(31-38-80(72)87)64-35-32-61(56-71(64)59-19-8-7-9-20-59)86(62-33-36-67-65-21-10-15-26-74(65)84(77(67)57-62,39-43-92-51-47-88-3)40-44-93-52-48-89-4)63-34-37-68-66-22-11-16-27-75(66)85(78(68)58-63,41-45-94-53-49-90-5)42-46-95-54-50-91-6/h7-38,55-58H,39-54H2,1-6H3. The molecule has 10 nitrogen and oxygen atoms in total. The number of anilines is 3. The molecule has 0 unspecified atom stereocenters. The van der Waals surface area contributed by atoms with Gasteiger partial charge < -0.3 is 47.4 Å². The van der Waals surface area contributed by atoms with Crippen LogP contribution in [0, 0.1) is 0 Å². The van der Waals surface area contributed by atoms with Crippen molar-refractivity contribution in [2.24, 2.45) is 0 Å². The van der Waals surface area contributed by atoms with Crippen LogP contribution in [0.3, 0.4) is 0 Å². The second kappa shape index (κ2) is 28.0. The zero-order chi connectivity index (χ0) is 64.9. The van der Waals surface area contributed by atoms with Crippen LogP contribution in [0.1, 0.15) is 72.9 Å². The van der Waals surface area contributed by atoms with Gasteiger partial charge in [0.15, 0.2) is 0 Å². The van der Waals surface area contributed by atoms with Crippen molar-refractivity contribution in [1.82, 2.24) is 4.57 Å². The highest BCUT2D eigenvalue weighted by molar-refractivity contribution is 6.12. The molecule has 0 atom stereocenters. The fraction of sp³-hybridized carbons (Fsp3) is 0.294. The topological polar surface area (TPSA) is 82.0 Å². The number of aromatic nitrogens is 1. The van der Waals surface area contributed by atoms with Gasteiger partial charge in [0, 0.05) is 105 Å². The van der Waals surface area contributed by atoms with Gasteiger partial charge in [-0.25, -0.2) is 0 Å². The molecule has 0 fully saturated rings. The van der Waals surface area contributed by atoms with Crippen molar-refractivity contribution in [3.63, 3.8) is 0 Å². The van der Waals surface area contributed by atoms with E-state index in [0.29, 0.717) is 79.3 Å². The van der Waals surface area contributed by atoms with Crippen LogP contribution in [0.15, 0.2) is 218 Å². The van der Waals surface area contributed by atoms with Crippen LogP contribution >= 0.6 is 0 Å². The van der Waals surface area contributed by atoms with E-state index >= 15 is 0 Å². The van der Waals surface area contributed by atoms with Crippen molar-refractivity contribution in [1.29, 1.82) is 0 Å². The maximum atomic E-state index is 6.41. The predicted molar refractivity (Wildman–Crippen MR) is 386 cm³/mol. The first-order valence-electron chi connectivity index (χ1n) is 33.8. The van der Waals surface area contributed by atoms with E-state index in [0.717, 1.165) is 65.0 Å². The molecule has 0 N–H and O–H groups in total. The van der Waals surface area contributed by atoms with E-state index in [1.54, 1.807) is 28.4 Å². The lowest BCUT2D eigenvalue weighted by Crippen LogP contribution is -2.30. The molecule has 0 spiro atoms. The highest BCUT2D eigenvalue weighted by atomic mass is 16.5. The Morgan fingerprint density at radius 2 is 0.747 bits per heavy atom. The molecule has 10 aromatic carbocycles. The van der Waals surface area contributed by atoms with Gasteiger partial charge in [0.2, 0.25) is 0 Å². The lowest BCUT2D eigenvalue weighted by molar-refractivity contribution is 0.0490. The highest BCUT2D eigenvalue weighted by Crippen LogP contribution is 2.58. The molecule has 0 bridgehead atoms. The summed E-state index contributed by atoms with van der Waals surface area (Å²) in [7, 11) is 6.90. The van der Waals surface area contributed by atoms with Gasteiger partial charge in [-0.1, -0.05) is 172 Å². The second-order valence-electron chi connectivity index (χ2n) is 26.0. The average Bonchev–Trinajstić information content (AvgIpc) is 1.58. The Morgan fingerprint density at radius 1 is 0.305 bits per heavy atom. The largest absolute Gasteiger partial charge is 0.382 e. The smallest absolute Gasteiger partial charge is 0.0700 e. The number of fused-ring (bicyclic) bond motifs is 12. The van der Waals surface area contributed by atoms with Crippen molar-refractivity contribution in [3.8, 4) is 61.3 Å².